The minimum atomic E-state index is -0.341. The van der Waals surface area contributed by atoms with E-state index in [2.05, 4.69) is 0 Å². The Kier molecular flexibility index (Phi) is 5.98. The fourth-order valence-corrected chi connectivity index (χ4v) is 2.79. The lowest BCUT2D eigenvalue weighted by Crippen LogP contribution is -2.49. The van der Waals surface area contributed by atoms with Gasteiger partial charge in [-0.2, -0.15) is 0 Å². The highest BCUT2D eigenvalue weighted by Gasteiger charge is 2.31. The Morgan fingerprint density at radius 2 is 2.13 bits per heavy atom. The van der Waals surface area contributed by atoms with Crippen molar-refractivity contribution in [1.82, 2.24) is 4.90 Å². The third kappa shape index (κ3) is 4.69. The van der Waals surface area contributed by atoms with Crippen molar-refractivity contribution >= 4 is 11.8 Å². The fourth-order valence-electron chi connectivity index (χ4n) is 2.79. The van der Waals surface area contributed by atoms with Crippen LogP contribution in [0.25, 0.3) is 0 Å². The number of carbonyl (C=O) groups is 2. The maximum atomic E-state index is 12.3. The van der Waals surface area contributed by atoms with Crippen LogP contribution in [-0.2, 0) is 20.9 Å². The van der Waals surface area contributed by atoms with E-state index in [0.717, 1.165) is 24.2 Å². The molecule has 0 bridgehead atoms. The first kappa shape index (κ1) is 17.3. The molecule has 1 fully saturated rings. The number of nitrogens with two attached hydrogens (primary N) is 1. The van der Waals surface area contributed by atoms with Crippen LogP contribution in [0.15, 0.2) is 24.3 Å². The van der Waals surface area contributed by atoms with Crippen molar-refractivity contribution in [3.8, 4) is 5.75 Å². The van der Waals surface area contributed by atoms with Crippen molar-refractivity contribution in [2.75, 3.05) is 20.3 Å². The van der Waals surface area contributed by atoms with E-state index in [0.29, 0.717) is 13.2 Å². The van der Waals surface area contributed by atoms with Crippen LogP contribution in [0.5, 0.6) is 5.75 Å². The molecule has 2 amide bonds. The summed E-state index contributed by atoms with van der Waals surface area (Å²) < 4.78 is 10.7. The molecule has 1 aliphatic heterocycles. The minimum Gasteiger partial charge on any atom is -0.497 e. The lowest BCUT2D eigenvalue weighted by Gasteiger charge is -2.36. The molecule has 1 heterocycles. The van der Waals surface area contributed by atoms with Crippen LogP contribution in [0.2, 0.25) is 0 Å². The van der Waals surface area contributed by atoms with E-state index in [1.165, 1.54) is 0 Å². The quantitative estimate of drug-likeness (QED) is 0.857. The SMILES string of the molecule is COc1cccc(COCC(=O)N2C[C@@H](C(N)=O)CC[C@H]2C)c1. The highest BCUT2D eigenvalue weighted by atomic mass is 16.5. The molecule has 2 N–H and O–H groups in total. The van der Waals surface area contributed by atoms with Gasteiger partial charge in [-0.3, -0.25) is 9.59 Å². The molecule has 2 atom stereocenters. The topological polar surface area (TPSA) is 81.9 Å². The molecule has 6 heteroatoms. The average molecular weight is 320 g/mol. The summed E-state index contributed by atoms with van der Waals surface area (Å²) in [6.07, 6.45) is 1.53. The molecule has 1 saturated heterocycles. The summed E-state index contributed by atoms with van der Waals surface area (Å²) >= 11 is 0. The highest BCUT2D eigenvalue weighted by molar-refractivity contribution is 5.81. The number of carbonyl (C=O) groups excluding carboxylic acids is 2. The third-order valence-electron chi connectivity index (χ3n) is 4.23. The summed E-state index contributed by atoms with van der Waals surface area (Å²) in [6, 6.07) is 7.63. The number of primary amides is 1. The van der Waals surface area contributed by atoms with Crippen molar-refractivity contribution in [3.05, 3.63) is 29.8 Å². The molecule has 23 heavy (non-hydrogen) atoms. The number of hydrogen-bond donors (Lipinski definition) is 1. The first-order valence-electron chi connectivity index (χ1n) is 7.80. The highest BCUT2D eigenvalue weighted by Crippen LogP contribution is 2.22. The Morgan fingerprint density at radius 3 is 2.83 bits per heavy atom. The zero-order valence-corrected chi connectivity index (χ0v) is 13.7. The second kappa shape index (κ2) is 7.97. The van der Waals surface area contributed by atoms with Crippen molar-refractivity contribution in [2.45, 2.75) is 32.4 Å². The predicted octanol–water partition coefficient (Wildman–Crippen LogP) is 1.32. The molecule has 6 nitrogen and oxygen atoms in total. The lowest BCUT2D eigenvalue weighted by atomic mass is 9.93. The summed E-state index contributed by atoms with van der Waals surface area (Å²) in [5, 5.41) is 0. The van der Waals surface area contributed by atoms with Crippen molar-refractivity contribution in [3.63, 3.8) is 0 Å². The molecule has 0 radical (unpaired) electrons. The lowest BCUT2D eigenvalue weighted by molar-refractivity contribution is -0.142. The summed E-state index contributed by atoms with van der Waals surface area (Å²) in [6.45, 7) is 2.70. The molecule has 1 aromatic rings. The minimum absolute atomic E-state index is 0.00691. The number of likely N-dealkylation sites (tertiary alicyclic amines) is 1. The van der Waals surface area contributed by atoms with Gasteiger partial charge in [0.1, 0.15) is 12.4 Å². The van der Waals surface area contributed by atoms with E-state index >= 15 is 0 Å². The maximum absolute atomic E-state index is 12.3. The van der Waals surface area contributed by atoms with E-state index in [1.54, 1.807) is 12.0 Å². The van der Waals surface area contributed by atoms with Gasteiger partial charge in [-0.05, 0) is 37.5 Å². The molecule has 1 aromatic carbocycles. The van der Waals surface area contributed by atoms with Gasteiger partial charge in [-0.25, -0.2) is 0 Å². The standard InChI is InChI=1S/C17H24N2O4/c1-12-6-7-14(17(18)21)9-19(12)16(20)11-23-10-13-4-3-5-15(8-13)22-2/h3-5,8,12,14H,6-7,9-11H2,1-2H3,(H2,18,21)/t12-,14+/m1/s1. The smallest absolute Gasteiger partial charge is 0.248 e. The number of ether oxygens (including phenoxy) is 2. The summed E-state index contributed by atoms with van der Waals surface area (Å²) in [5.74, 6) is 0.0539. The molecule has 126 valence electrons. The number of amides is 2. The van der Waals surface area contributed by atoms with Crippen LogP contribution in [0.1, 0.15) is 25.3 Å². The van der Waals surface area contributed by atoms with Crippen LogP contribution in [-0.4, -0.2) is 43.0 Å². The van der Waals surface area contributed by atoms with Crippen LogP contribution in [0.3, 0.4) is 0 Å². The van der Waals surface area contributed by atoms with E-state index in [9.17, 15) is 9.59 Å². The zero-order valence-electron chi connectivity index (χ0n) is 13.7. The van der Waals surface area contributed by atoms with Gasteiger partial charge < -0.3 is 20.1 Å². The van der Waals surface area contributed by atoms with Crippen molar-refractivity contribution < 1.29 is 19.1 Å². The Balaban J connectivity index is 1.84. The molecular weight excluding hydrogens is 296 g/mol. The van der Waals surface area contributed by atoms with Gasteiger partial charge in [0.25, 0.3) is 0 Å². The van der Waals surface area contributed by atoms with E-state index in [1.807, 2.05) is 31.2 Å². The fraction of sp³-hybridized carbons (Fsp3) is 0.529. The van der Waals surface area contributed by atoms with Crippen molar-refractivity contribution in [1.29, 1.82) is 0 Å². The van der Waals surface area contributed by atoms with Crippen LogP contribution >= 0.6 is 0 Å². The van der Waals surface area contributed by atoms with E-state index in [-0.39, 0.29) is 30.4 Å². The molecule has 2 rings (SSSR count). The second-order valence-corrected chi connectivity index (χ2v) is 5.92. The Morgan fingerprint density at radius 1 is 1.35 bits per heavy atom. The first-order chi connectivity index (χ1) is 11.0. The number of hydrogen-bond acceptors (Lipinski definition) is 4. The summed E-state index contributed by atoms with van der Waals surface area (Å²) in [7, 11) is 1.61. The van der Waals surface area contributed by atoms with Gasteiger partial charge in [0, 0.05) is 12.6 Å². The van der Waals surface area contributed by atoms with Gasteiger partial charge in [0.2, 0.25) is 11.8 Å². The molecular formula is C17H24N2O4. The molecule has 0 aromatic heterocycles. The Bertz CT molecular complexity index is 561. The number of methoxy groups -OCH3 is 1. The summed E-state index contributed by atoms with van der Waals surface area (Å²) in [4.78, 5) is 25.3. The molecule has 0 saturated carbocycles. The van der Waals surface area contributed by atoms with Crippen LogP contribution in [0.4, 0.5) is 0 Å². The number of benzene rings is 1. The van der Waals surface area contributed by atoms with E-state index < -0.39 is 0 Å². The zero-order chi connectivity index (χ0) is 16.8. The van der Waals surface area contributed by atoms with Gasteiger partial charge in [-0.1, -0.05) is 12.1 Å². The van der Waals surface area contributed by atoms with Gasteiger partial charge in [0.05, 0.1) is 19.6 Å². The van der Waals surface area contributed by atoms with E-state index in [4.69, 9.17) is 15.2 Å². The molecule has 0 spiro atoms. The Hall–Kier alpha value is -2.08. The van der Waals surface area contributed by atoms with Crippen molar-refractivity contribution in [2.24, 2.45) is 11.7 Å². The second-order valence-electron chi connectivity index (χ2n) is 5.92. The molecule has 1 aliphatic rings. The van der Waals surface area contributed by atoms with Gasteiger partial charge >= 0.3 is 0 Å². The maximum Gasteiger partial charge on any atom is 0.248 e. The number of nitrogens with zero attached hydrogens (tertiary/aromatic N) is 1. The van der Waals surface area contributed by atoms with Gasteiger partial charge in [-0.15, -0.1) is 0 Å². The third-order valence-corrected chi connectivity index (χ3v) is 4.23. The van der Waals surface area contributed by atoms with Gasteiger partial charge in [0.15, 0.2) is 0 Å². The first-order valence-corrected chi connectivity index (χ1v) is 7.80. The van der Waals surface area contributed by atoms with Crippen LogP contribution < -0.4 is 10.5 Å². The predicted molar refractivity (Wildman–Crippen MR) is 85.7 cm³/mol. The average Bonchev–Trinajstić information content (AvgIpc) is 2.55. The van der Waals surface area contributed by atoms with Crippen LogP contribution in [0, 0.1) is 5.92 Å². The largest absolute Gasteiger partial charge is 0.497 e. The number of rotatable bonds is 6. The normalized spacial score (nSPS) is 21.0. The summed E-state index contributed by atoms with van der Waals surface area (Å²) in [5.41, 5.74) is 6.30. The Labute approximate surface area is 136 Å². The monoisotopic (exact) mass is 320 g/mol. The number of piperidine rings is 1. The molecule has 0 unspecified atom stereocenters. The molecule has 0 aliphatic carbocycles.